The first kappa shape index (κ1) is 16.6. The van der Waals surface area contributed by atoms with Crippen molar-refractivity contribution >= 4 is 18.0 Å². The number of imide groups is 1. The standard InChI is InChI=1S/C15H17NO7/c1-9(14(18)16-15(19)20-2)23-13(17)8-10-3-4-11-12(7-10)22-6-5-21-11/h3-4,7,9H,5-6,8H2,1-2H3,(H,16,18,19)/t9-/m1/s1. The number of carbonyl (C=O) groups is 3. The van der Waals surface area contributed by atoms with Gasteiger partial charge in [0.05, 0.1) is 13.5 Å². The summed E-state index contributed by atoms with van der Waals surface area (Å²) in [6, 6.07) is 5.12. The molecule has 0 fully saturated rings. The summed E-state index contributed by atoms with van der Waals surface area (Å²) in [5, 5.41) is 1.93. The van der Waals surface area contributed by atoms with Gasteiger partial charge in [0.1, 0.15) is 13.2 Å². The Morgan fingerprint density at radius 1 is 1.22 bits per heavy atom. The Labute approximate surface area is 132 Å². The molecule has 1 aliphatic rings. The van der Waals surface area contributed by atoms with Crippen LogP contribution < -0.4 is 14.8 Å². The van der Waals surface area contributed by atoms with Crippen molar-refractivity contribution in [3.8, 4) is 11.5 Å². The SMILES string of the molecule is COC(=O)NC(=O)[C@@H](C)OC(=O)Cc1ccc2c(c1)OCCO2. The van der Waals surface area contributed by atoms with E-state index in [0.29, 0.717) is 30.3 Å². The third-order valence-electron chi connectivity index (χ3n) is 3.04. The summed E-state index contributed by atoms with van der Waals surface area (Å²) in [6.07, 6.45) is -2.06. The molecule has 1 heterocycles. The lowest BCUT2D eigenvalue weighted by atomic mass is 10.1. The Hall–Kier alpha value is -2.77. The molecule has 1 atom stereocenters. The maximum atomic E-state index is 11.9. The molecule has 0 unspecified atom stereocenters. The predicted octanol–water partition coefficient (Wildman–Crippen LogP) is 0.815. The Kier molecular flexibility index (Phi) is 5.40. The number of amides is 2. The number of hydrogen-bond donors (Lipinski definition) is 1. The molecule has 124 valence electrons. The molecule has 0 bridgehead atoms. The van der Waals surface area contributed by atoms with Crippen LogP contribution in [0.1, 0.15) is 12.5 Å². The Balaban J connectivity index is 1.89. The number of nitrogens with one attached hydrogen (secondary N) is 1. The van der Waals surface area contributed by atoms with Crippen LogP contribution in [0.4, 0.5) is 4.79 Å². The molecule has 23 heavy (non-hydrogen) atoms. The van der Waals surface area contributed by atoms with Crippen molar-refractivity contribution in [2.75, 3.05) is 20.3 Å². The molecule has 2 amide bonds. The van der Waals surface area contributed by atoms with Crippen LogP contribution in [0.3, 0.4) is 0 Å². The topological polar surface area (TPSA) is 100 Å². The number of alkyl carbamates (subject to hydrolysis) is 1. The summed E-state index contributed by atoms with van der Waals surface area (Å²) < 4.78 is 20.1. The first-order chi connectivity index (χ1) is 11.0. The van der Waals surface area contributed by atoms with E-state index >= 15 is 0 Å². The van der Waals surface area contributed by atoms with Gasteiger partial charge in [-0.3, -0.25) is 14.9 Å². The molecule has 1 aliphatic heterocycles. The van der Waals surface area contributed by atoms with E-state index in [2.05, 4.69) is 4.74 Å². The van der Waals surface area contributed by atoms with Gasteiger partial charge < -0.3 is 18.9 Å². The minimum Gasteiger partial charge on any atom is -0.486 e. The van der Waals surface area contributed by atoms with E-state index < -0.39 is 24.1 Å². The second-order valence-corrected chi connectivity index (χ2v) is 4.77. The van der Waals surface area contributed by atoms with Gasteiger partial charge in [-0.15, -0.1) is 0 Å². The zero-order valence-electron chi connectivity index (χ0n) is 12.8. The summed E-state index contributed by atoms with van der Waals surface area (Å²) in [5.41, 5.74) is 0.667. The van der Waals surface area contributed by atoms with E-state index in [1.807, 2.05) is 5.32 Å². The predicted molar refractivity (Wildman–Crippen MR) is 77.2 cm³/mol. The second-order valence-electron chi connectivity index (χ2n) is 4.77. The van der Waals surface area contributed by atoms with Crippen LogP contribution in [-0.2, 0) is 25.5 Å². The van der Waals surface area contributed by atoms with Crippen molar-refractivity contribution in [2.24, 2.45) is 0 Å². The second kappa shape index (κ2) is 7.48. The Morgan fingerprint density at radius 2 is 1.91 bits per heavy atom. The molecule has 1 aromatic carbocycles. The smallest absolute Gasteiger partial charge is 0.413 e. The summed E-state index contributed by atoms with van der Waals surface area (Å²) in [4.78, 5) is 34.3. The average molecular weight is 323 g/mol. The van der Waals surface area contributed by atoms with Gasteiger partial charge in [0, 0.05) is 0 Å². The van der Waals surface area contributed by atoms with Gasteiger partial charge in [-0.1, -0.05) is 6.07 Å². The number of carbonyl (C=O) groups excluding carboxylic acids is 3. The molecule has 0 aromatic heterocycles. The lowest BCUT2D eigenvalue weighted by Gasteiger charge is -2.19. The van der Waals surface area contributed by atoms with Crippen LogP contribution in [0.15, 0.2) is 18.2 Å². The Morgan fingerprint density at radius 3 is 2.61 bits per heavy atom. The molecule has 8 heteroatoms. The number of rotatable bonds is 4. The largest absolute Gasteiger partial charge is 0.486 e. The average Bonchev–Trinajstić information content (AvgIpc) is 2.54. The van der Waals surface area contributed by atoms with E-state index in [1.54, 1.807) is 18.2 Å². The molecular formula is C15H17NO7. The maximum Gasteiger partial charge on any atom is 0.413 e. The van der Waals surface area contributed by atoms with Crippen molar-refractivity contribution in [2.45, 2.75) is 19.4 Å². The first-order valence-electron chi connectivity index (χ1n) is 6.96. The van der Waals surface area contributed by atoms with Gasteiger partial charge in [-0.25, -0.2) is 4.79 Å². The zero-order valence-corrected chi connectivity index (χ0v) is 12.8. The minimum absolute atomic E-state index is 0.0352. The van der Waals surface area contributed by atoms with Gasteiger partial charge in [0.15, 0.2) is 17.6 Å². The zero-order chi connectivity index (χ0) is 16.8. The van der Waals surface area contributed by atoms with Gasteiger partial charge in [0.2, 0.25) is 0 Å². The highest BCUT2D eigenvalue weighted by atomic mass is 16.6. The quantitative estimate of drug-likeness (QED) is 0.819. The van der Waals surface area contributed by atoms with Gasteiger partial charge >= 0.3 is 12.1 Å². The maximum absolute atomic E-state index is 11.9. The molecule has 0 aliphatic carbocycles. The molecule has 2 rings (SSSR count). The highest BCUT2D eigenvalue weighted by molar-refractivity contribution is 5.95. The highest BCUT2D eigenvalue weighted by Crippen LogP contribution is 2.30. The van der Waals surface area contributed by atoms with Crippen molar-refractivity contribution in [3.05, 3.63) is 23.8 Å². The van der Waals surface area contributed by atoms with Crippen LogP contribution in [0.2, 0.25) is 0 Å². The molecule has 1 aromatic rings. The number of fused-ring (bicyclic) bond motifs is 1. The monoisotopic (exact) mass is 323 g/mol. The van der Waals surface area contributed by atoms with Crippen LogP contribution in [0.25, 0.3) is 0 Å². The van der Waals surface area contributed by atoms with E-state index in [1.165, 1.54) is 6.92 Å². The van der Waals surface area contributed by atoms with Crippen LogP contribution >= 0.6 is 0 Å². The van der Waals surface area contributed by atoms with E-state index in [4.69, 9.17) is 14.2 Å². The molecule has 0 saturated carbocycles. The Bertz CT molecular complexity index is 614. The fourth-order valence-electron chi connectivity index (χ4n) is 1.91. The van der Waals surface area contributed by atoms with Crippen LogP contribution in [-0.4, -0.2) is 44.4 Å². The lowest BCUT2D eigenvalue weighted by molar-refractivity contribution is -0.153. The first-order valence-corrected chi connectivity index (χ1v) is 6.96. The van der Waals surface area contributed by atoms with E-state index in [9.17, 15) is 14.4 Å². The molecule has 0 spiro atoms. The third-order valence-corrected chi connectivity index (χ3v) is 3.04. The van der Waals surface area contributed by atoms with Crippen LogP contribution in [0.5, 0.6) is 11.5 Å². The summed E-state index contributed by atoms with van der Waals surface area (Å²) in [7, 11) is 1.13. The summed E-state index contributed by atoms with van der Waals surface area (Å²) in [6.45, 7) is 2.30. The third kappa shape index (κ3) is 4.60. The van der Waals surface area contributed by atoms with Crippen LogP contribution in [0, 0.1) is 0 Å². The molecule has 1 N–H and O–H groups in total. The van der Waals surface area contributed by atoms with Gasteiger partial charge in [0.25, 0.3) is 5.91 Å². The molecule has 0 saturated heterocycles. The van der Waals surface area contributed by atoms with Gasteiger partial charge in [-0.05, 0) is 24.6 Å². The fourth-order valence-corrected chi connectivity index (χ4v) is 1.91. The minimum atomic E-state index is -1.11. The molecular weight excluding hydrogens is 306 g/mol. The normalized spacial score (nSPS) is 13.7. The number of esters is 1. The molecule has 8 nitrogen and oxygen atoms in total. The van der Waals surface area contributed by atoms with Gasteiger partial charge in [-0.2, -0.15) is 0 Å². The number of ether oxygens (including phenoxy) is 4. The summed E-state index contributed by atoms with van der Waals surface area (Å²) >= 11 is 0. The van der Waals surface area contributed by atoms with E-state index in [-0.39, 0.29) is 6.42 Å². The fraction of sp³-hybridized carbons (Fsp3) is 0.400. The van der Waals surface area contributed by atoms with Crippen molar-refractivity contribution in [1.29, 1.82) is 0 Å². The van der Waals surface area contributed by atoms with Crippen molar-refractivity contribution < 1.29 is 33.3 Å². The van der Waals surface area contributed by atoms with Crippen molar-refractivity contribution in [1.82, 2.24) is 5.32 Å². The van der Waals surface area contributed by atoms with Crippen molar-refractivity contribution in [3.63, 3.8) is 0 Å². The number of methoxy groups -OCH3 is 1. The molecule has 0 radical (unpaired) electrons. The number of benzene rings is 1. The highest BCUT2D eigenvalue weighted by Gasteiger charge is 2.21. The summed E-state index contributed by atoms with van der Waals surface area (Å²) in [5.74, 6) is -0.168. The van der Waals surface area contributed by atoms with E-state index in [0.717, 1.165) is 7.11 Å². The number of hydrogen-bond acceptors (Lipinski definition) is 7. The lowest BCUT2D eigenvalue weighted by Crippen LogP contribution is -2.39.